The smallest absolute Gasteiger partial charge is 0.272 e. The van der Waals surface area contributed by atoms with Crippen LogP contribution in [0, 0.1) is 12.7 Å². The van der Waals surface area contributed by atoms with E-state index in [2.05, 4.69) is 5.10 Å². The lowest BCUT2D eigenvalue weighted by atomic mass is 10.1. The van der Waals surface area contributed by atoms with Crippen LogP contribution in [0.3, 0.4) is 0 Å². The fourth-order valence-corrected chi connectivity index (χ4v) is 3.60. The van der Waals surface area contributed by atoms with Gasteiger partial charge in [-0.15, -0.1) is 0 Å². The molecule has 0 aliphatic carbocycles. The lowest BCUT2D eigenvalue weighted by Crippen LogP contribution is -2.50. The molecule has 2 heterocycles. The van der Waals surface area contributed by atoms with Crippen molar-refractivity contribution in [1.29, 1.82) is 0 Å². The molecule has 3 aromatic rings. The molecule has 1 aliphatic heterocycles. The van der Waals surface area contributed by atoms with Crippen molar-refractivity contribution in [2.24, 2.45) is 0 Å². The van der Waals surface area contributed by atoms with E-state index in [0.717, 1.165) is 11.3 Å². The Labute approximate surface area is 174 Å². The number of carbonyl (C=O) groups is 2. The Bertz CT molecular complexity index is 1080. The van der Waals surface area contributed by atoms with Gasteiger partial charge < -0.3 is 9.80 Å². The van der Waals surface area contributed by atoms with Gasteiger partial charge in [0.05, 0.1) is 11.4 Å². The molecule has 7 heteroatoms. The minimum absolute atomic E-state index is 0.00800. The quantitative estimate of drug-likeness (QED) is 0.671. The van der Waals surface area contributed by atoms with Gasteiger partial charge in [0.25, 0.3) is 5.91 Å². The Morgan fingerprint density at radius 3 is 2.20 bits per heavy atom. The van der Waals surface area contributed by atoms with Gasteiger partial charge in [-0.2, -0.15) is 5.10 Å². The van der Waals surface area contributed by atoms with Gasteiger partial charge in [0.15, 0.2) is 0 Å². The molecule has 2 amide bonds. The molecule has 1 aromatic heterocycles. The maximum absolute atomic E-state index is 14.4. The van der Waals surface area contributed by atoms with E-state index in [0.29, 0.717) is 43.1 Å². The maximum atomic E-state index is 14.4. The van der Waals surface area contributed by atoms with Crippen LogP contribution in [-0.2, 0) is 4.79 Å². The molecule has 0 radical (unpaired) electrons. The summed E-state index contributed by atoms with van der Waals surface area (Å²) in [5, 5.41) is 4.56. The predicted molar refractivity (Wildman–Crippen MR) is 112 cm³/mol. The summed E-state index contributed by atoms with van der Waals surface area (Å²) in [6.45, 7) is 5.42. The van der Waals surface area contributed by atoms with E-state index < -0.39 is 0 Å². The van der Waals surface area contributed by atoms with E-state index in [9.17, 15) is 14.0 Å². The molecule has 0 unspecified atom stereocenters. The lowest BCUT2D eigenvalue weighted by molar-refractivity contribution is -0.130. The van der Waals surface area contributed by atoms with Crippen molar-refractivity contribution >= 4 is 11.8 Å². The zero-order chi connectivity index (χ0) is 21.3. The molecule has 4 rings (SSSR count). The number of piperazine rings is 1. The van der Waals surface area contributed by atoms with Gasteiger partial charge in [-0.25, -0.2) is 9.07 Å². The predicted octanol–water partition coefficient (Wildman–Crippen LogP) is 3.29. The van der Waals surface area contributed by atoms with Crippen molar-refractivity contribution < 1.29 is 14.0 Å². The first-order valence-corrected chi connectivity index (χ1v) is 9.91. The van der Waals surface area contributed by atoms with E-state index in [1.165, 1.54) is 13.0 Å². The fourth-order valence-electron chi connectivity index (χ4n) is 3.60. The molecule has 154 valence electrons. The van der Waals surface area contributed by atoms with Gasteiger partial charge in [0, 0.05) is 38.7 Å². The Hall–Kier alpha value is -3.48. The van der Waals surface area contributed by atoms with Gasteiger partial charge >= 0.3 is 0 Å². The lowest BCUT2D eigenvalue weighted by Gasteiger charge is -2.34. The first kappa shape index (κ1) is 19.8. The number of hydrogen-bond donors (Lipinski definition) is 0. The van der Waals surface area contributed by atoms with Gasteiger partial charge in [-0.3, -0.25) is 9.59 Å². The van der Waals surface area contributed by atoms with Crippen molar-refractivity contribution in [1.82, 2.24) is 19.6 Å². The number of aryl methyl sites for hydroxylation is 1. The first-order valence-electron chi connectivity index (χ1n) is 9.91. The Morgan fingerprint density at radius 2 is 1.57 bits per heavy atom. The van der Waals surface area contributed by atoms with E-state index in [-0.39, 0.29) is 17.6 Å². The molecular weight excluding hydrogens is 383 g/mol. The third-order valence-electron chi connectivity index (χ3n) is 5.37. The Balaban J connectivity index is 1.72. The first-order chi connectivity index (χ1) is 14.4. The van der Waals surface area contributed by atoms with Crippen LogP contribution in [0.4, 0.5) is 4.39 Å². The van der Waals surface area contributed by atoms with E-state index in [1.54, 1.807) is 38.7 Å². The minimum atomic E-state index is -0.389. The summed E-state index contributed by atoms with van der Waals surface area (Å²) in [5.41, 5.74) is 2.94. The number of amides is 2. The molecule has 0 spiro atoms. The van der Waals surface area contributed by atoms with Crippen molar-refractivity contribution in [2.75, 3.05) is 26.2 Å². The SMILES string of the molecule is CC(=O)N1CCN(C(=O)c2cc(-c3ccccc3F)nn2-c2ccc(C)cc2)CC1. The highest BCUT2D eigenvalue weighted by Gasteiger charge is 2.27. The highest BCUT2D eigenvalue weighted by molar-refractivity contribution is 5.94. The molecule has 30 heavy (non-hydrogen) atoms. The zero-order valence-corrected chi connectivity index (χ0v) is 17.0. The van der Waals surface area contributed by atoms with Crippen molar-refractivity contribution in [3.63, 3.8) is 0 Å². The summed E-state index contributed by atoms with van der Waals surface area (Å²) in [7, 11) is 0. The number of carbonyl (C=O) groups excluding carboxylic acids is 2. The monoisotopic (exact) mass is 406 g/mol. The van der Waals surface area contributed by atoms with Gasteiger partial charge in [0.2, 0.25) is 5.91 Å². The van der Waals surface area contributed by atoms with Crippen LogP contribution in [0.15, 0.2) is 54.6 Å². The van der Waals surface area contributed by atoms with Crippen molar-refractivity contribution in [3.8, 4) is 16.9 Å². The van der Waals surface area contributed by atoms with Gasteiger partial charge in [-0.05, 0) is 37.3 Å². The minimum Gasteiger partial charge on any atom is -0.339 e. The van der Waals surface area contributed by atoms with Crippen LogP contribution in [0.1, 0.15) is 23.0 Å². The van der Waals surface area contributed by atoms with Gasteiger partial charge in [-0.1, -0.05) is 29.8 Å². The molecule has 1 aliphatic rings. The summed E-state index contributed by atoms with van der Waals surface area (Å²) in [4.78, 5) is 28.4. The molecule has 6 nitrogen and oxygen atoms in total. The second kappa shape index (κ2) is 8.10. The van der Waals surface area contributed by atoms with E-state index in [1.807, 2.05) is 31.2 Å². The van der Waals surface area contributed by atoms with Crippen molar-refractivity contribution in [2.45, 2.75) is 13.8 Å². The number of hydrogen-bond acceptors (Lipinski definition) is 3. The molecule has 0 atom stereocenters. The number of aromatic nitrogens is 2. The highest BCUT2D eigenvalue weighted by Crippen LogP contribution is 2.25. The van der Waals surface area contributed by atoms with E-state index >= 15 is 0 Å². The van der Waals surface area contributed by atoms with E-state index in [4.69, 9.17) is 0 Å². The molecule has 0 saturated carbocycles. The van der Waals surface area contributed by atoms with Crippen LogP contribution >= 0.6 is 0 Å². The number of halogens is 1. The van der Waals surface area contributed by atoms with Gasteiger partial charge in [0.1, 0.15) is 11.5 Å². The van der Waals surface area contributed by atoms with Crippen LogP contribution in [0.2, 0.25) is 0 Å². The van der Waals surface area contributed by atoms with Crippen LogP contribution < -0.4 is 0 Å². The molecular formula is C23H23FN4O2. The Kier molecular flexibility index (Phi) is 5.35. The number of nitrogens with zero attached hydrogens (tertiary/aromatic N) is 4. The third-order valence-corrected chi connectivity index (χ3v) is 5.37. The normalized spacial score (nSPS) is 14.1. The highest BCUT2D eigenvalue weighted by atomic mass is 19.1. The second-order valence-corrected chi connectivity index (χ2v) is 7.44. The Morgan fingerprint density at radius 1 is 0.933 bits per heavy atom. The molecule has 1 fully saturated rings. The average Bonchev–Trinajstić information content (AvgIpc) is 3.19. The maximum Gasteiger partial charge on any atom is 0.272 e. The molecule has 1 saturated heterocycles. The fraction of sp³-hybridized carbons (Fsp3) is 0.261. The summed E-state index contributed by atoms with van der Waals surface area (Å²) >= 11 is 0. The molecule has 0 N–H and O–H groups in total. The average molecular weight is 406 g/mol. The van der Waals surface area contributed by atoms with Crippen LogP contribution in [0.25, 0.3) is 16.9 Å². The number of benzene rings is 2. The van der Waals surface area contributed by atoms with Crippen molar-refractivity contribution in [3.05, 3.63) is 71.7 Å². The van der Waals surface area contributed by atoms with Crippen LogP contribution in [-0.4, -0.2) is 57.6 Å². The summed E-state index contributed by atoms with van der Waals surface area (Å²) < 4.78 is 15.9. The summed E-state index contributed by atoms with van der Waals surface area (Å²) in [6, 6.07) is 15.7. The van der Waals surface area contributed by atoms with Crippen LogP contribution in [0.5, 0.6) is 0 Å². The summed E-state index contributed by atoms with van der Waals surface area (Å²) in [6.07, 6.45) is 0. The topological polar surface area (TPSA) is 58.4 Å². The molecule has 2 aromatic carbocycles. The largest absolute Gasteiger partial charge is 0.339 e. The second-order valence-electron chi connectivity index (χ2n) is 7.44. The summed E-state index contributed by atoms with van der Waals surface area (Å²) in [5.74, 6) is -0.567. The third kappa shape index (κ3) is 3.83. The number of rotatable bonds is 3. The zero-order valence-electron chi connectivity index (χ0n) is 17.0. The standard InChI is InChI=1S/C23H23FN4O2/c1-16-7-9-18(10-8-16)28-22(15-21(25-28)19-5-3-4-6-20(19)24)23(30)27-13-11-26(12-14-27)17(2)29/h3-10,15H,11-14H2,1-2H3. The molecule has 0 bridgehead atoms.